The smallest absolute Gasteiger partial charge is 0.251 e. The fourth-order valence-electron chi connectivity index (χ4n) is 2.87. The molecule has 1 fully saturated rings. The molecule has 0 saturated carbocycles. The Labute approximate surface area is 130 Å². The van der Waals surface area contributed by atoms with Crippen molar-refractivity contribution in [3.8, 4) is 11.4 Å². The van der Waals surface area contributed by atoms with Gasteiger partial charge in [0.25, 0.3) is 5.91 Å². The number of carbonyl (C=O) groups excluding carboxylic acids is 1. The second-order valence-corrected chi connectivity index (χ2v) is 5.85. The van der Waals surface area contributed by atoms with E-state index in [1.807, 2.05) is 42.1 Å². The van der Waals surface area contributed by atoms with E-state index in [0.717, 1.165) is 43.9 Å². The summed E-state index contributed by atoms with van der Waals surface area (Å²) >= 11 is 0. The summed E-state index contributed by atoms with van der Waals surface area (Å²) in [5.41, 5.74) is 1.65. The average molecular weight is 298 g/mol. The fourth-order valence-corrected chi connectivity index (χ4v) is 2.87. The van der Waals surface area contributed by atoms with E-state index < -0.39 is 0 Å². The summed E-state index contributed by atoms with van der Waals surface area (Å²) in [5.74, 6) is 1.45. The van der Waals surface area contributed by atoms with Crippen LogP contribution in [0.3, 0.4) is 0 Å². The number of rotatable bonds is 4. The first-order valence-corrected chi connectivity index (χ1v) is 7.81. The van der Waals surface area contributed by atoms with Crippen LogP contribution in [-0.2, 0) is 7.05 Å². The van der Waals surface area contributed by atoms with Crippen molar-refractivity contribution >= 4 is 5.91 Å². The molecule has 0 unspecified atom stereocenters. The highest BCUT2D eigenvalue weighted by Gasteiger charge is 2.15. The predicted octanol–water partition coefficient (Wildman–Crippen LogP) is 1.82. The zero-order valence-electron chi connectivity index (χ0n) is 12.9. The van der Waals surface area contributed by atoms with Crippen molar-refractivity contribution in [2.45, 2.75) is 12.8 Å². The second-order valence-electron chi connectivity index (χ2n) is 5.85. The van der Waals surface area contributed by atoms with E-state index in [1.165, 1.54) is 0 Å². The lowest BCUT2D eigenvalue weighted by Crippen LogP contribution is -2.35. The van der Waals surface area contributed by atoms with Gasteiger partial charge in [0.05, 0.1) is 0 Å². The van der Waals surface area contributed by atoms with Crippen molar-refractivity contribution < 1.29 is 4.79 Å². The molecule has 1 aliphatic rings. The molecule has 0 aliphatic carbocycles. The van der Waals surface area contributed by atoms with Crippen LogP contribution in [0.1, 0.15) is 23.2 Å². The van der Waals surface area contributed by atoms with Crippen LogP contribution in [-0.4, -0.2) is 35.1 Å². The zero-order valence-corrected chi connectivity index (χ0v) is 12.9. The van der Waals surface area contributed by atoms with Crippen LogP contribution < -0.4 is 10.6 Å². The first-order valence-electron chi connectivity index (χ1n) is 7.81. The van der Waals surface area contributed by atoms with Crippen LogP contribution in [0, 0.1) is 5.92 Å². The first kappa shape index (κ1) is 14.8. The number of nitrogens with one attached hydrogen (secondary N) is 2. The first-order chi connectivity index (χ1) is 10.7. The molecule has 1 saturated heterocycles. The molecule has 116 valence electrons. The quantitative estimate of drug-likeness (QED) is 0.905. The highest BCUT2D eigenvalue weighted by atomic mass is 16.1. The molecular formula is C17H22N4O. The van der Waals surface area contributed by atoms with Gasteiger partial charge in [0.1, 0.15) is 5.82 Å². The molecule has 5 heteroatoms. The number of benzene rings is 1. The van der Waals surface area contributed by atoms with Crippen LogP contribution in [0.25, 0.3) is 11.4 Å². The van der Waals surface area contributed by atoms with Crippen molar-refractivity contribution in [3.05, 3.63) is 42.2 Å². The maximum atomic E-state index is 12.3. The van der Waals surface area contributed by atoms with Gasteiger partial charge in [-0.3, -0.25) is 4.79 Å². The number of hydrogen-bond donors (Lipinski definition) is 2. The Bertz CT molecular complexity index is 644. The summed E-state index contributed by atoms with van der Waals surface area (Å²) in [6.07, 6.45) is 5.93. The van der Waals surface area contributed by atoms with E-state index in [1.54, 1.807) is 6.20 Å². The molecule has 1 aromatic carbocycles. The Kier molecular flexibility index (Phi) is 4.53. The molecule has 2 N–H and O–H groups in total. The van der Waals surface area contributed by atoms with Gasteiger partial charge in [0.15, 0.2) is 0 Å². The van der Waals surface area contributed by atoms with E-state index >= 15 is 0 Å². The minimum atomic E-state index is -0.00501. The Morgan fingerprint density at radius 2 is 2.23 bits per heavy atom. The van der Waals surface area contributed by atoms with Crippen molar-refractivity contribution in [3.63, 3.8) is 0 Å². The molecule has 0 atom stereocenters. The van der Waals surface area contributed by atoms with Gasteiger partial charge in [-0.1, -0.05) is 12.1 Å². The third-order valence-corrected chi connectivity index (χ3v) is 4.21. The molecule has 0 radical (unpaired) electrons. The SMILES string of the molecule is Cn1ccnc1-c1cccc(C(=O)NCC2CCNCC2)c1. The highest BCUT2D eigenvalue weighted by Crippen LogP contribution is 2.18. The van der Waals surface area contributed by atoms with Gasteiger partial charge < -0.3 is 15.2 Å². The number of hydrogen-bond acceptors (Lipinski definition) is 3. The van der Waals surface area contributed by atoms with E-state index in [-0.39, 0.29) is 5.91 Å². The van der Waals surface area contributed by atoms with Crippen molar-refractivity contribution in [2.24, 2.45) is 13.0 Å². The van der Waals surface area contributed by atoms with Crippen molar-refractivity contribution in [1.82, 2.24) is 20.2 Å². The number of aryl methyl sites for hydroxylation is 1. The molecule has 22 heavy (non-hydrogen) atoms. The molecule has 1 aromatic heterocycles. The second kappa shape index (κ2) is 6.75. The Morgan fingerprint density at radius 3 is 2.95 bits per heavy atom. The van der Waals surface area contributed by atoms with Gasteiger partial charge in [-0.2, -0.15) is 0 Å². The normalized spacial score (nSPS) is 15.7. The predicted molar refractivity (Wildman–Crippen MR) is 86.6 cm³/mol. The number of aromatic nitrogens is 2. The van der Waals surface area contributed by atoms with Gasteiger partial charge in [0, 0.05) is 37.1 Å². The Balaban J connectivity index is 1.66. The summed E-state index contributed by atoms with van der Waals surface area (Å²) in [4.78, 5) is 16.7. The van der Waals surface area contributed by atoms with E-state index in [2.05, 4.69) is 15.6 Å². The maximum Gasteiger partial charge on any atom is 0.251 e. The molecular weight excluding hydrogens is 276 g/mol. The Morgan fingerprint density at radius 1 is 1.41 bits per heavy atom. The van der Waals surface area contributed by atoms with Gasteiger partial charge in [-0.15, -0.1) is 0 Å². The number of amides is 1. The number of carbonyl (C=O) groups is 1. The van der Waals surface area contributed by atoms with E-state index in [9.17, 15) is 4.79 Å². The lowest BCUT2D eigenvalue weighted by atomic mass is 9.98. The van der Waals surface area contributed by atoms with Gasteiger partial charge in [-0.05, 0) is 44.0 Å². The molecule has 2 aromatic rings. The van der Waals surface area contributed by atoms with Crippen LogP contribution in [0.15, 0.2) is 36.7 Å². The minimum Gasteiger partial charge on any atom is -0.352 e. The molecule has 5 nitrogen and oxygen atoms in total. The third-order valence-electron chi connectivity index (χ3n) is 4.21. The fraction of sp³-hybridized carbons (Fsp3) is 0.412. The summed E-state index contributed by atoms with van der Waals surface area (Å²) in [7, 11) is 1.95. The summed E-state index contributed by atoms with van der Waals surface area (Å²) in [6.45, 7) is 2.86. The zero-order chi connectivity index (χ0) is 15.4. The molecule has 3 rings (SSSR count). The minimum absolute atomic E-state index is 0.00501. The largest absolute Gasteiger partial charge is 0.352 e. The van der Waals surface area contributed by atoms with Crippen LogP contribution in [0.2, 0.25) is 0 Å². The summed E-state index contributed by atoms with van der Waals surface area (Å²) < 4.78 is 1.95. The molecule has 0 bridgehead atoms. The van der Waals surface area contributed by atoms with Gasteiger partial charge in [0.2, 0.25) is 0 Å². The molecule has 1 amide bonds. The van der Waals surface area contributed by atoms with Crippen molar-refractivity contribution in [1.29, 1.82) is 0 Å². The molecule has 1 aliphatic heterocycles. The van der Waals surface area contributed by atoms with Crippen LogP contribution >= 0.6 is 0 Å². The topological polar surface area (TPSA) is 59.0 Å². The standard InChI is InChI=1S/C17H22N4O/c1-21-10-9-19-16(21)14-3-2-4-15(11-14)17(22)20-12-13-5-7-18-8-6-13/h2-4,9-11,13,18H,5-8,12H2,1H3,(H,20,22). The number of nitrogens with zero attached hydrogens (tertiary/aromatic N) is 2. The average Bonchev–Trinajstić information content (AvgIpc) is 3.00. The molecule has 0 spiro atoms. The van der Waals surface area contributed by atoms with Crippen molar-refractivity contribution in [2.75, 3.05) is 19.6 Å². The maximum absolute atomic E-state index is 12.3. The van der Waals surface area contributed by atoms with Crippen LogP contribution in [0.4, 0.5) is 0 Å². The third kappa shape index (κ3) is 3.36. The van der Waals surface area contributed by atoms with Crippen LogP contribution in [0.5, 0.6) is 0 Å². The number of piperidine rings is 1. The van der Waals surface area contributed by atoms with Gasteiger partial charge >= 0.3 is 0 Å². The monoisotopic (exact) mass is 298 g/mol. The summed E-state index contributed by atoms with van der Waals surface area (Å²) in [6, 6.07) is 7.64. The Hall–Kier alpha value is -2.14. The number of imidazole rings is 1. The lowest BCUT2D eigenvalue weighted by molar-refractivity contribution is 0.0944. The van der Waals surface area contributed by atoms with Gasteiger partial charge in [-0.25, -0.2) is 4.98 Å². The summed E-state index contributed by atoms with van der Waals surface area (Å²) in [5, 5.41) is 6.40. The lowest BCUT2D eigenvalue weighted by Gasteiger charge is -2.22. The highest BCUT2D eigenvalue weighted by molar-refractivity contribution is 5.95. The molecule has 2 heterocycles. The van der Waals surface area contributed by atoms with E-state index in [0.29, 0.717) is 11.5 Å². The van der Waals surface area contributed by atoms with E-state index in [4.69, 9.17) is 0 Å².